The molecule has 0 amide bonds. The fourth-order valence-corrected chi connectivity index (χ4v) is 8.13. The van der Waals surface area contributed by atoms with Crippen molar-refractivity contribution < 1.29 is 9.13 Å². The van der Waals surface area contributed by atoms with Crippen molar-refractivity contribution in [2.24, 2.45) is 0 Å². The number of fused-ring (bicyclic) bond motifs is 4. The third kappa shape index (κ3) is 7.23. The van der Waals surface area contributed by atoms with Gasteiger partial charge in [-0.15, -0.1) is 0 Å². The minimum atomic E-state index is -0.270. The molecule has 0 saturated heterocycles. The predicted molar refractivity (Wildman–Crippen MR) is 242 cm³/mol. The van der Waals surface area contributed by atoms with Crippen molar-refractivity contribution in [3.8, 4) is 17.3 Å². The van der Waals surface area contributed by atoms with Gasteiger partial charge in [0, 0.05) is 40.5 Å². The normalized spacial score (nSPS) is 13.8. The highest BCUT2D eigenvalue weighted by Gasteiger charge is 2.35. The molecule has 0 unspecified atom stereocenters. The molecule has 5 nitrogen and oxygen atoms in total. The van der Waals surface area contributed by atoms with Gasteiger partial charge in [0.05, 0.1) is 22.4 Å². The monoisotopic (exact) mass is 772 g/mol. The molecule has 298 valence electrons. The molecule has 0 bridgehead atoms. The van der Waals surface area contributed by atoms with Crippen molar-refractivity contribution in [3.63, 3.8) is 0 Å². The maximum absolute atomic E-state index is 14.7. The van der Waals surface area contributed by atoms with E-state index in [-0.39, 0.29) is 27.5 Å². The van der Waals surface area contributed by atoms with Gasteiger partial charge in [0.2, 0.25) is 0 Å². The van der Waals surface area contributed by atoms with Gasteiger partial charge in [0.25, 0.3) is 0 Å². The van der Waals surface area contributed by atoms with Crippen LogP contribution >= 0.6 is 0 Å². The van der Waals surface area contributed by atoms with Crippen LogP contribution in [-0.2, 0) is 21.7 Å². The zero-order valence-corrected chi connectivity index (χ0v) is 36.3. The first kappa shape index (κ1) is 39.2. The average molecular weight is 773 g/mol. The van der Waals surface area contributed by atoms with E-state index in [1.807, 2.05) is 36.5 Å². The van der Waals surface area contributed by atoms with Crippen LogP contribution in [0.25, 0.3) is 27.6 Å². The highest BCUT2D eigenvalue weighted by Crippen LogP contribution is 2.50. The molecule has 2 aromatic heterocycles. The SMILES string of the molecule is CC(C)(C)c1cc(N2CN(c3cccc(Oc4ccc5c6cc(F)ccc6n(-c6cc(C(C)(C)C)ccn6)c5c4)c3)c3cccc(C(C)(C)C)c32)cc(C(C)(C)C)c1. The number of hydrogen-bond donors (Lipinski definition) is 0. The van der Waals surface area contributed by atoms with Crippen molar-refractivity contribution >= 4 is 44.6 Å². The molecule has 0 atom stereocenters. The summed E-state index contributed by atoms with van der Waals surface area (Å²) in [7, 11) is 0. The number of nitrogens with zero attached hydrogens (tertiary/aromatic N) is 4. The minimum absolute atomic E-state index is 0.00594. The van der Waals surface area contributed by atoms with Crippen molar-refractivity contribution in [3.05, 3.63) is 143 Å². The van der Waals surface area contributed by atoms with Gasteiger partial charge in [-0.25, -0.2) is 9.37 Å². The molecular weight excluding hydrogens is 716 g/mol. The summed E-state index contributed by atoms with van der Waals surface area (Å²) in [5, 5.41) is 1.77. The quantitative estimate of drug-likeness (QED) is 0.174. The maximum Gasteiger partial charge on any atom is 0.137 e. The van der Waals surface area contributed by atoms with E-state index in [1.165, 1.54) is 45.4 Å². The van der Waals surface area contributed by atoms with Crippen molar-refractivity contribution in [2.75, 3.05) is 16.5 Å². The molecule has 8 rings (SSSR count). The standard InChI is InChI=1S/C52H57FN4O/c1-49(2,3)33-23-24-54-47(28-33)57-44-22-19-36(53)29-42(44)41-21-20-40(31-46(41)57)58-39-16-13-15-37(30-39)55-32-56(48-43(52(10,11)12)17-14-18-45(48)55)38-26-34(50(4,5)6)25-35(27-38)51(7,8)9/h13-31H,32H2,1-12H3. The lowest BCUT2D eigenvalue weighted by atomic mass is 9.80. The number of anilines is 4. The lowest BCUT2D eigenvalue weighted by Crippen LogP contribution is -2.26. The molecule has 5 aromatic carbocycles. The summed E-state index contributed by atoms with van der Waals surface area (Å²) in [5.74, 6) is 1.93. The summed E-state index contributed by atoms with van der Waals surface area (Å²) in [6, 6.07) is 37.5. The second kappa shape index (κ2) is 13.8. The van der Waals surface area contributed by atoms with E-state index in [2.05, 4.69) is 164 Å². The Kier molecular flexibility index (Phi) is 9.30. The van der Waals surface area contributed by atoms with E-state index in [0.29, 0.717) is 12.4 Å². The zero-order valence-electron chi connectivity index (χ0n) is 36.3. The van der Waals surface area contributed by atoms with Gasteiger partial charge in [0.1, 0.15) is 29.8 Å². The maximum atomic E-state index is 14.7. The molecular formula is C52H57FN4O. The summed E-state index contributed by atoms with van der Waals surface area (Å²) < 4.78 is 23.5. The van der Waals surface area contributed by atoms with Crippen LogP contribution in [0.5, 0.6) is 11.5 Å². The predicted octanol–water partition coefficient (Wildman–Crippen LogP) is 14.5. The molecule has 0 N–H and O–H groups in total. The van der Waals surface area contributed by atoms with Crippen LogP contribution in [0, 0.1) is 5.82 Å². The Bertz CT molecular complexity index is 2660. The summed E-state index contributed by atoms with van der Waals surface area (Å²) in [6.45, 7) is 27.9. The van der Waals surface area contributed by atoms with Crippen LogP contribution in [-0.4, -0.2) is 16.2 Å². The van der Waals surface area contributed by atoms with Gasteiger partial charge >= 0.3 is 0 Å². The number of ether oxygens (including phenoxy) is 1. The van der Waals surface area contributed by atoms with Crippen LogP contribution in [0.1, 0.15) is 105 Å². The second-order valence-electron chi connectivity index (χ2n) is 20.1. The van der Waals surface area contributed by atoms with Gasteiger partial charge in [-0.1, -0.05) is 107 Å². The van der Waals surface area contributed by atoms with Crippen molar-refractivity contribution in [1.29, 1.82) is 0 Å². The van der Waals surface area contributed by atoms with E-state index in [9.17, 15) is 4.39 Å². The summed E-state index contributed by atoms with van der Waals surface area (Å²) in [6.07, 6.45) is 1.86. The largest absolute Gasteiger partial charge is 0.457 e. The highest BCUT2D eigenvalue weighted by atomic mass is 19.1. The Hall–Kier alpha value is -5.62. The molecule has 3 heterocycles. The number of pyridine rings is 1. The van der Waals surface area contributed by atoms with Gasteiger partial charge in [-0.05, 0) is 117 Å². The third-order valence-corrected chi connectivity index (χ3v) is 11.5. The zero-order chi connectivity index (χ0) is 41.5. The summed E-state index contributed by atoms with van der Waals surface area (Å²) >= 11 is 0. The van der Waals surface area contributed by atoms with Crippen LogP contribution < -0.4 is 14.5 Å². The van der Waals surface area contributed by atoms with E-state index >= 15 is 0 Å². The minimum Gasteiger partial charge on any atom is -0.457 e. The molecule has 1 aliphatic heterocycles. The third-order valence-electron chi connectivity index (χ3n) is 11.5. The summed E-state index contributed by atoms with van der Waals surface area (Å²) in [5.41, 5.74) is 11.5. The van der Waals surface area contributed by atoms with Gasteiger partial charge in [0.15, 0.2) is 0 Å². The molecule has 0 aliphatic carbocycles. The van der Waals surface area contributed by atoms with Crippen LogP contribution in [0.15, 0.2) is 115 Å². The fraction of sp³-hybridized carbons (Fsp3) is 0.327. The molecule has 6 heteroatoms. The first-order valence-corrected chi connectivity index (χ1v) is 20.5. The lowest BCUT2D eigenvalue weighted by molar-refractivity contribution is 0.483. The fourth-order valence-electron chi connectivity index (χ4n) is 8.13. The van der Waals surface area contributed by atoms with Crippen LogP contribution in [0.3, 0.4) is 0 Å². The topological polar surface area (TPSA) is 33.5 Å². The molecule has 7 aromatic rings. The van der Waals surface area contributed by atoms with Gasteiger partial charge in [-0.2, -0.15) is 0 Å². The van der Waals surface area contributed by atoms with E-state index in [1.54, 1.807) is 6.07 Å². The van der Waals surface area contributed by atoms with Crippen molar-refractivity contribution in [1.82, 2.24) is 9.55 Å². The Labute approximate surface area is 344 Å². The molecule has 0 spiro atoms. The summed E-state index contributed by atoms with van der Waals surface area (Å²) in [4.78, 5) is 9.72. The average Bonchev–Trinajstić information content (AvgIpc) is 3.69. The highest BCUT2D eigenvalue weighted by molar-refractivity contribution is 6.09. The Morgan fingerprint density at radius 1 is 0.534 bits per heavy atom. The lowest BCUT2D eigenvalue weighted by Gasteiger charge is -2.31. The van der Waals surface area contributed by atoms with Crippen molar-refractivity contribution in [2.45, 2.75) is 105 Å². The Balaban J connectivity index is 1.21. The molecule has 0 radical (unpaired) electrons. The van der Waals surface area contributed by atoms with E-state index in [4.69, 9.17) is 9.72 Å². The van der Waals surface area contributed by atoms with Crippen LogP contribution in [0.2, 0.25) is 0 Å². The Morgan fingerprint density at radius 2 is 1.21 bits per heavy atom. The van der Waals surface area contributed by atoms with Gasteiger partial charge < -0.3 is 14.5 Å². The number of para-hydroxylation sites is 1. The first-order chi connectivity index (χ1) is 27.2. The molecule has 58 heavy (non-hydrogen) atoms. The number of rotatable bonds is 5. The van der Waals surface area contributed by atoms with Gasteiger partial charge in [-0.3, -0.25) is 4.57 Å². The molecule has 1 aliphatic rings. The molecule has 0 saturated carbocycles. The Morgan fingerprint density at radius 3 is 1.88 bits per heavy atom. The number of hydrogen-bond acceptors (Lipinski definition) is 4. The number of halogens is 1. The van der Waals surface area contributed by atoms with E-state index in [0.717, 1.165) is 39.1 Å². The second-order valence-corrected chi connectivity index (χ2v) is 20.1. The number of benzene rings is 5. The molecule has 0 fully saturated rings. The van der Waals surface area contributed by atoms with Crippen LogP contribution in [0.4, 0.5) is 27.1 Å². The van der Waals surface area contributed by atoms with E-state index < -0.39 is 0 Å². The first-order valence-electron chi connectivity index (χ1n) is 20.5. The number of aromatic nitrogens is 2. The smallest absolute Gasteiger partial charge is 0.137 e.